The number of thioether (sulfide) groups is 1. The van der Waals surface area contributed by atoms with Crippen molar-refractivity contribution >= 4 is 29.7 Å². The highest BCUT2D eigenvalue weighted by Crippen LogP contribution is 2.36. The number of ether oxygens (including phenoxy) is 1. The van der Waals surface area contributed by atoms with Gasteiger partial charge < -0.3 is 10.1 Å². The molecule has 8 heteroatoms. The number of carbonyl (C=O) groups excluding carboxylic acids is 3. The summed E-state index contributed by atoms with van der Waals surface area (Å²) in [4.78, 5) is 34.7. The minimum absolute atomic E-state index is 0.0569. The van der Waals surface area contributed by atoms with Gasteiger partial charge in [0.05, 0.1) is 6.61 Å². The SMILES string of the molecule is CCOC(=O)C1(F)C(=O)NC(=O)NC1SC(C)(C)C. The van der Waals surface area contributed by atoms with Gasteiger partial charge in [-0.1, -0.05) is 20.8 Å². The molecule has 0 radical (unpaired) electrons. The molecule has 2 atom stereocenters. The first-order chi connectivity index (χ1) is 8.61. The van der Waals surface area contributed by atoms with Crippen LogP contribution >= 0.6 is 11.8 Å². The van der Waals surface area contributed by atoms with Crippen LogP contribution in [-0.4, -0.2) is 40.3 Å². The second-order valence-electron chi connectivity index (χ2n) is 4.97. The molecule has 2 N–H and O–H groups in total. The standard InChI is InChI=1S/C11H17FN2O4S/c1-5-18-8(16)11(12)6(15)13-9(17)14-7(11)19-10(2,3)4/h7H,5H2,1-4H3,(H2,13,14,15,17). The summed E-state index contributed by atoms with van der Waals surface area (Å²) in [5.74, 6) is -2.59. The van der Waals surface area contributed by atoms with Gasteiger partial charge >= 0.3 is 17.7 Å². The van der Waals surface area contributed by atoms with Crippen molar-refractivity contribution in [1.29, 1.82) is 0 Å². The van der Waals surface area contributed by atoms with Gasteiger partial charge in [-0.25, -0.2) is 14.0 Å². The van der Waals surface area contributed by atoms with Gasteiger partial charge in [-0.3, -0.25) is 10.1 Å². The first-order valence-electron chi connectivity index (χ1n) is 5.77. The fraction of sp³-hybridized carbons (Fsp3) is 0.727. The van der Waals surface area contributed by atoms with Crippen molar-refractivity contribution in [2.24, 2.45) is 0 Å². The fourth-order valence-corrected chi connectivity index (χ4v) is 2.71. The van der Waals surface area contributed by atoms with Crippen LogP contribution in [0, 0.1) is 0 Å². The van der Waals surface area contributed by atoms with Crippen LogP contribution in [0.2, 0.25) is 0 Å². The summed E-state index contributed by atoms with van der Waals surface area (Å²) >= 11 is 0.978. The van der Waals surface area contributed by atoms with Gasteiger partial charge in [0.1, 0.15) is 5.37 Å². The Labute approximate surface area is 114 Å². The molecule has 1 aliphatic rings. The van der Waals surface area contributed by atoms with E-state index in [1.165, 1.54) is 6.92 Å². The lowest BCUT2D eigenvalue weighted by molar-refractivity contribution is -0.163. The summed E-state index contributed by atoms with van der Waals surface area (Å²) in [5.41, 5.74) is -2.93. The van der Waals surface area contributed by atoms with Gasteiger partial charge in [0.15, 0.2) is 0 Å². The van der Waals surface area contributed by atoms with Crippen LogP contribution in [0.5, 0.6) is 0 Å². The Morgan fingerprint density at radius 2 is 2.05 bits per heavy atom. The molecule has 1 heterocycles. The molecule has 0 aromatic rings. The number of halogens is 1. The topological polar surface area (TPSA) is 84.5 Å². The summed E-state index contributed by atoms with van der Waals surface area (Å²) in [7, 11) is 0. The van der Waals surface area contributed by atoms with E-state index in [9.17, 15) is 18.8 Å². The van der Waals surface area contributed by atoms with E-state index in [0.717, 1.165) is 11.8 Å². The summed E-state index contributed by atoms with van der Waals surface area (Å²) in [5, 5.41) is 2.67. The minimum atomic E-state index is -2.93. The monoisotopic (exact) mass is 292 g/mol. The van der Waals surface area contributed by atoms with E-state index in [1.807, 2.05) is 0 Å². The number of hydrogen-bond donors (Lipinski definition) is 2. The number of carbonyl (C=O) groups is 3. The zero-order valence-corrected chi connectivity index (χ0v) is 12.0. The molecule has 1 saturated heterocycles. The van der Waals surface area contributed by atoms with Crippen LogP contribution in [0.15, 0.2) is 0 Å². The van der Waals surface area contributed by atoms with E-state index in [0.29, 0.717) is 0 Å². The second-order valence-corrected chi connectivity index (χ2v) is 6.90. The Morgan fingerprint density at radius 1 is 1.47 bits per heavy atom. The van der Waals surface area contributed by atoms with Crippen molar-refractivity contribution < 1.29 is 23.5 Å². The van der Waals surface area contributed by atoms with E-state index in [2.05, 4.69) is 10.1 Å². The zero-order chi connectivity index (χ0) is 14.8. The summed E-state index contributed by atoms with van der Waals surface area (Å²) in [6.45, 7) is 6.79. The average molecular weight is 292 g/mol. The number of amides is 3. The maximum Gasteiger partial charge on any atom is 0.357 e. The quantitative estimate of drug-likeness (QED) is 0.598. The highest BCUT2D eigenvalue weighted by Gasteiger charge is 2.59. The highest BCUT2D eigenvalue weighted by molar-refractivity contribution is 8.01. The Kier molecular flexibility index (Phi) is 4.44. The van der Waals surface area contributed by atoms with Crippen molar-refractivity contribution in [2.45, 2.75) is 43.5 Å². The minimum Gasteiger partial charge on any atom is -0.463 e. The van der Waals surface area contributed by atoms with Crippen molar-refractivity contribution in [3.8, 4) is 0 Å². The second kappa shape index (κ2) is 5.36. The maximum atomic E-state index is 14.8. The third-order valence-electron chi connectivity index (χ3n) is 2.22. The number of alkyl halides is 1. The van der Waals surface area contributed by atoms with Crippen LogP contribution in [0.1, 0.15) is 27.7 Å². The van der Waals surface area contributed by atoms with Crippen LogP contribution in [0.25, 0.3) is 0 Å². The van der Waals surface area contributed by atoms with Crippen LogP contribution < -0.4 is 10.6 Å². The van der Waals surface area contributed by atoms with Gasteiger partial charge in [0.2, 0.25) is 0 Å². The van der Waals surface area contributed by atoms with Crippen molar-refractivity contribution in [3.05, 3.63) is 0 Å². The molecule has 6 nitrogen and oxygen atoms in total. The Hall–Kier alpha value is -1.31. The number of nitrogens with one attached hydrogen (secondary N) is 2. The maximum absolute atomic E-state index is 14.8. The predicted molar refractivity (Wildman–Crippen MR) is 68.3 cm³/mol. The van der Waals surface area contributed by atoms with Gasteiger partial charge in [-0.15, -0.1) is 11.8 Å². The van der Waals surface area contributed by atoms with Crippen molar-refractivity contribution in [2.75, 3.05) is 6.61 Å². The van der Waals surface area contributed by atoms with Gasteiger partial charge in [-0.2, -0.15) is 0 Å². The normalized spacial score (nSPS) is 27.5. The van der Waals surface area contributed by atoms with Crippen LogP contribution in [0.3, 0.4) is 0 Å². The van der Waals surface area contributed by atoms with Crippen LogP contribution in [0.4, 0.5) is 9.18 Å². The molecule has 1 fully saturated rings. The van der Waals surface area contributed by atoms with E-state index in [4.69, 9.17) is 0 Å². The largest absolute Gasteiger partial charge is 0.463 e. The molecule has 1 rings (SSSR count). The Balaban J connectivity index is 3.09. The molecule has 0 aliphatic carbocycles. The number of imide groups is 1. The van der Waals surface area contributed by atoms with Crippen LogP contribution in [-0.2, 0) is 14.3 Å². The molecule has 0 aromatic heterocycles. The lowest BCUT2D eigenvalue weighted by Crippen LogP contribution is -2.69. The Bertz CT molecular complexity index is 410. The zero-order valence-electron chi connectivity index (χ0n) is 11.2. The fourth-order valence-electron chi connectivity index (χ4n) is 1.47. The molecular formula is C11H17FN2O4S. The van der Waals surface area contributed by atoms with E-state index in [1.54, 1.807) is 26.1 Å². The van der Waals surface area contributed by atoms with Crippen molar-refractivity contribution in [1.82, 2.24) is 10.6 Å². The van der Waals surface area contributed by atoms with Gasteiger partial charge in [-0.05, 0) is 6.92 Å². The summed E-state index contributed by atoms with van der Waals surface area (Å²) in [6, 6.07) is -0.829. The number of esters is 1. The van der Waals surface area contributed by atoms with Crippen molar-refractivity contribution in [3.63, 3.8) is 0 Å². The third-order valence-corrected chi connectivity index (χ3v) is 3.61. The molecule has 0 spiro atoms. The molecule has 2 unspecified atom stereocenters. The molecule has 19 heavy (non-hydrogen) atoms. The van der Waals surface area contributed by atoms with E-state index >= 15 is 0 Å². The summed E-state index contributed by atoms with van der Waals surface area (Å²) in [6.07, 6.45) is 0. The number of rotatable bonds is 3. The third kappa shape index (κ3) is 3.37. The lowest BCUT2D eigenvalue weighted by atomic mass is 10.0. The molecule has 0 bridgehead atoms. The Morgan fingerprint density at radius 3 is 2.53 bits per heavy atom. The predicted octanol–water partition coefficient (Wildman–Crippen LogP) is 0.955. The summed E-state index contributed by atoms with van der Waals surface area (Å²) < 4.78 is 18.9. The van der Waals surface area contributed by atoms with Gasteiger partial charge in [0, 0.05) is 4.75 Å². The van der Waals surface area contributed by atoms with Gasteiger partial charge in [0.25, 0.3) is 5.91 Å². The molecule has 108 valence electrons. The van der Waals surface area contributed by atoms with E-state index in [-0.39, 0.29) is 6.61 Å². The first kappa shape index (κ1) is 15.7. The molecule has 0 aromatic carbocycles. The molecule has 0 saturated carbocycles. The first-order valence-corrected chi connectivity index (χ1v) is 6.65. The molecule has 1 aliphatic heterocycles. The molecular weight excluding hydrogens is 275 g/mol. The lowest BCUT2D eigenvalue weighted by Gasteiger charge is -2.37. The van der Waals surface area contributed by atoms with E-state index < -0.39 is 33.7 Å². The number of urea groups is 1. The highest BCUT2D eigenvalue weighted by atomic mass is 32.2. The average Bonchev–Trinajstić information content (AvgIpc) is 2.23. The smallest absolute Gasteiger partial charge is 0.357 e. The molecule has 3 amide bonds. The number of hydrogen-bond acceptors (Lipinski definition) is 5.